The van der Waals surface area contributed by atoms with Crippen molar-refractivity contribution in [3.05, 3.63) is 24.5 Å². The van der Waals surface area contributed by atoms with E-state index >= 15 is 0 Å². The molecule has 0 saturated heterocycles. The number of hydrogen-bond donors (Lipinski definition) is 1. The van der Waals surface area contributed by atoms with E-state index in [1.165, 1.54) is 6.92 Å². The summed E-state index contributed by atoms with van der Waals surface area (Å²) in [6.45, 7) is 8.37. The summed E-state index contributed by atoms with van der Waals surface area (Å²) < 4.78 is 83.1. The minimum Gasteiger partial charge on any atom is -0.490 e. The third kappa shape index (κ3) is 3.42. The highest BCUT2D eigenvalue weighted by Gasteiger charge is 2.75. The largest absolute Gasteiger partial charge is 0.490 e. The minimum atomic E-state index is -5.85. The third-order valence-corrected chi connectivity index (χ3v) is 3.87. The maximum absolute atomic E-state index is 13.0. The number of rotatable bonds is 4. The average Bonchev–Trinajstić information content (AvgIpc) is 2.35. The van der Waals surface area contributed by atoms with Gasteiger partial charge in [-0.25, -0.2) is 0 Å². The first-order chi connectivity index (χ1) is 9.82. The molecule has 0 spiro atoms. The molecule has 1 rings (SSSR count). The second-order valence-corrected chi connectivity index (χ2v) is 5.51. The van der Waals surface area contributed by atoms with Gasteiger partial charge >= 0.3 is 12.4 Å². The second kappa shape index (κ2) is 6.14. The van der Waals surface area contributed by atoms with E-state index in [0.717, 1.165) is 0 Å². The molecule has 1 aliphatic rings. The van der Waals surface area contributed by atoms with E-state index in [1.807, 2.05) is 0 Å². The number of hydrogen-bond acceptors (Lipinski definition) is 2. The van der Waals surface area contributed by atoms with Gasteiger partial charge in [0.2, 0.25) is 0 Å². The highest BCUT2D eigenvalue weighted by molar-refractivity contribution is 5.17. The summed E-state index contributed by atoms with van der Waals surface area (Å²) in [4.78, 5) is 0. The van der Waals surface area contributed by atoms with E-state index in [0.29, 0.717) is 12.0 Å². The van der Waals surface area contributed by atoms with Crippen LogP contribution in [-0.2, 0) is 4.74 Å². The van der Waals surface area contributed by atoms with Crippen molar-refractivity contribution in [3.63, 3.8) is 0 Å². The Bertz CT molecular complexity index is 424. The summed E-state index contributed by atoms with van der Waals surface area (Å²) in [6.07, 6.45) is -13.0. The van der Waals surface area contributed by atoms with Gasteiger partial charge in [-0.1, -0.05) is 19.6 Å². The van der Waals surface area contributed by atoms with Crippen LogP contribution in [0.4, 0.5) is 26.3 Å². The van der Waals surface area contributed by atoms with Crippen molar-refractivity contribution in [2.45, 2.75) is 56.7 Å². The van der Waals surface area contributed by atoms with Crippen molar-refractivity contribution >= 4 is 0 Å². The highest BCUT2D eigenvalue weighted by atomic mass is 19.4. The van der Waals surface area contributed by atoms with E-state index < -0.39 is 36.4 Å². The van der Waals surface area contributed by atoms with Crippen LogP contribution in [0.3, 0.4) is 0 Å². The first-order valence-electron chi connectivity index (χ1n) is 6.69. The molecule has 0 heterocycles. The molecule has 2 nitrogen and oxygen atoms in total. The van der Waals surface area contributed by atoms with E-state index in [9.17, 15) is 31.4 Å². The smallest absolute Gasteiger partial charge is 0.426 e. The Morgan fingerprint density at radius 1 is 1.00 bits per heavy atom. The lowest BCUT2D eigenvalue weighted by atomic mass is 9.74. The maximum Gasteiger partial charge on any atom is 0.426 e. The molecule has 2 atom stereocenters. The van der Waals surface area contributed by atoms with E-state index in [2.05, 4.69) is 13.2 Å². The van der Waals surface area contributed by atoms with Crippen molar-refractivity contribution in [1.82, 2.24) is 0 Å². The predicted octanol–water partition coefficient (Wildman–Crippen LogP) is 4.51. The molecule has 8 heteroatoms. The predicted molar refractivity (Wildman–Crippen MR) is 67.8 cm³/mol. The third-order valence-electron chi connectivity index (χ3n) is 3.87. The SMILES string of the molecule is C=C(C)C(=C)OC1CCCCC1C(O)(C(F)(F)F)C(F)(F)F. The van der Waals surface area contributed by atoms with E-state index in [-0.39, 0.29) is 18.6 Å². The van der Waals surface area contributed by atoms with Crippen LogP contribution in [0.5, 0.6) is 0 Å². The van der Waals surface area contributed by atoms with E-state index in [4.69, 9.17) is 4.74 Å². The molecule has 0 aromatic heterocycles. The second-order valence-electron chi connectivity index (χ2n) is 5.51. The number of allylic oxidation sites excluding steroid dienone is 1. The van der Waals surface area contributed by atoms with Gasteiger partial charge in [0, 0.05) is 5.92 Å². The van der Waals surface area contributed by atoms with Crippen LogP contribution in [0.1, 0.15) is 32.6 Å². The summed E-state index contributed by atoms with van der Waals surface area (Å²) >= 11 is 0. The Morgan fingerprint density at radius 2 is 1.45 bits per heavy atom. The molecule has 0 bridgehead atoms. The van der Waals surface area contributed by atoms with Gasteiger partial charge < -0.3 is 9.84 Å². The summed E-state index contributed by atoms with van der Waals surface area (Å²) in [6, 6.07) is 0. The van der Waals surface area contributed by atoms with Crippen LogP contribution < -0.4 is 0 Å². The van der Waals surface area contributed by atoms with Gasteiger partial charge in [0.15, 0.2) is 0 Å². The summed E-state index contributed by atoms with van der Waals surface area (Å²) in [5.41, 5.74) is -4.51. The monoisotopic (exact) mass is 332 g/mol. The van der Waals surface area contributed by atoms with E-state index in [1.54, 1.807) is 0 Å². The van der Waals surface area contributed by atoms with Gasteiger partial charge in [0.05, 0.1) is 0 Å². The highest BCUT2D eigenvalue weighted by Crippen LogP contribution is 2.52. The van der Waals surface area contributed by atoms with Crippen LogP contribution in [0.25, 0.3) is 0 Å². The molecule has 0 aromatic carbocycles. The Morgan fingerprint density at radius 3 is 1.86 bits per heavy atom. The molecule has 0 aliphatic heterocycles. The Labute approximate surface area is 124 Å². The van der Waals surface area contributed by atoms with Gasteiger partial charge in [0.1, 0.15) is 11.9 Å². The Kier molecular flexibility index (Phi) is 5.26. The fourth-order valence-electron chi connectivity index (χ4n) is 2.58. The zero-order valence-corrected chi connectivity index (χ0v) is 12.0. The molecule has 128 valence electrons. The van der Waals surface area contributed by atoms with Gasteiger partial charge in [-0.3, -0.25) is 0 Å². The first-order valence-corrected chi connectivity index (χ1v) is 6.69. The summed E-state index contributed by atoms with van der Waals surface area (Å²) in [5, 5.41) is 9.55. The van der Waals surface area contributed by atoms with Crippen LogP contribution in [0, 0.1) is 5.92 Å². The molecular weight excluding hydrogens is 314 g/mol. The van der Waals surface area contributed by atoms with Crippen LogP contribution >= 0.6 is 0 Å². The topological polar surface area (TPSA) is 29.5 Å². The van der Waals surface area contributed by atoms with Crippen LogP contribution in [0.15, 0.2) is 24.5 Å². The zero-order valence-electron chi connectivity index (χ0n) is 12.0. The molecule has 0 amide bonds. The molecule has 0 aromatic rings. The lowest BCUT2D eigenvalue weighted by Crippen LogP contribution is -2.64. The molecule has 1 N–H and O–H groups in total. The summed E-state index contributed by atoms with van der Waals surface area (Å²) in [5.74, 6) is -2.22. The quantitative estimate of drug-likeness (QED) is 0.466. The number of ether oxygens (including phenoxy) is 1. The molecule has 22 heavy (non-hydrogen) atoms. The van der Waals surface area contributed by atoms with Crippen molar-refractivity contribution in [1.29, 1.82) is 0 Å². The Balaban J connectivity index is 3.20. The lowest BCUT2D eigenvalue weighted by molar-refractivity contribution is -0.393. The maximum atomic E-state index is 13.0. The normalized spacial score (nSPS) is 24.0. The first kappa shape index (κ1) is 18.9. The average molecular weight is 332 g/mol. The molecule has 1 saturated carbocycles. The van der Waals surface area contributed by atoms with Gasteiger partial charge in [0.25, 0.3) is 5.60 Å². The Hall–Kier alpha value is -1.18. The zero-order chi connectivity index (χ0) is 17.3. The van der Waals surface area contributed by atoms with Crippen molar-refractivity contribution in [2.75, 3.05) is 0 Å². The fraction of sp³-hybridized carbons (Fsp3) is 0.714. The molecule has 2 unspecified atom stereocenters. The molecule has 1 aliphatic carbocycles. The van der Waals surface area contributed by atoms with Gasteiger partial charge in [-0.15, -0.1) is 0 Å². The number of halogens is 6. The molecular formula is C14H18F6O2. The van der Waals surface area contributed by atoms with Crippen molar-refractivity contribution in [2.24, 2.45) is 5.92 Å². The number of alkyl halides is 6. The number of aliphatic hydroxyl groups is 1. The molecule has 0 radical (unpaired) electrons. The van der Waals surface area contributed by atoms with Crippen LogP contribution in [0.2, 0.25) is 0 Å². The summed E-state index contributed by atoms with van der Waals surface area (Å²) in [7, 11) is 0. The van der Waals surface area contributed by atoms with Gasteiger partial charge in [-0.2, -0.15) is 26.3 Å². The fourth-order valence-corrected chi connectivity index (χ4v) is 2.58. The van der Waals surface area contributed by atoms with Crippen molar-refractivity contribution < 1.29 is 36.2 Å². The standard InChI is InChI=1S/C14H18F6O2/c1-8(2)9(3)22-11-7-5-4-6-10(11)12(21,13(15,16)17)14(18,19)20/h10-11,21H,1,3-7H2,2H3. The van der Waals surface area contributed by atoms with Crippen molar-refractivity contribution in [3.8, 4) is 0 Å². The molecule has 1 fully saturated rings. The van der Waals surface area contributed by atoms with Gasteiger partial charge in [-0.05, 0) is 31.8 Å². The van der Waals surface area contributed by atoms with Crippen LogP contribution in [-0.4, -0.2) is 29.2 Å². The minimum absolute atomic E-state index is 0.0224. The lowest BCUT2D eigenvalue weighted by Gasteiger charge is -2.44.